The summed E-state index contributed by atoms with van der Waals surface area (Å²) in [5.74, 6) is 0.491. The Labute approximate surface area is 94.6 Å². The topological polar surface area (TPSA) is 67.0 Å². The molecule has 16 heavy (non-hydrogen) atoms. The Kier molecular flexibility index (Phi) is 3.56. The van der Waals surface area contributed by atoms with Gasteiger partial charge in [-0.25, -0.2) is 0 Å². The molecule has 1 aromatic rings. The number of carbonyl (C=O) groups is 1. The van der Waals surface area contributed by atoms with Crippen LogP contribution in [-0.2, 0) is 16.0 Å². The first-order valence-corrected chi connectivity index (χ1v) is 5.76. The summed E-state index contributed by atoms with van der Waals surface area (Å²) in [5, 5.41) is 9.63. The van der Waals surface area contributed by atoms with Crippen molar-refractivity contribution in [3.05, 3.63) is 11.8 Å². The van der Waals surface area contributed by atoms with Gasteiger partial charge in [0, 0.05) is 18.4 Å². The first-order valence-electron chi connectivity index (χ1n) is 5.76. The van der Waals surface area contributed by atoms with Gasteiger partial charge < -0.3 is 10.1 Å². The molecule has 5 heteroatoms. The van der Waals surface area contributed by atoms with Crippen LogP contribution in [0.5, 0.6) is 0 Å². The van der Waals surface area contributed by atoms with Gasteiger partial charge in [0.1, 0.15) is 6.10 Å². The van der Waals surface area contributed by atoms with Crippen molar-refractivity contribution in [1.82, 2.24) is 10.2 Å². The highest BCUT2D eigenvalue weighted by molar-refractivity contribution is 5.93. The Bertz CT molecular complexity index is 356. The van der Waals surface area contributed by atoms with Crippen LogP contribution < -0.4 is 5.32 Å². The average Bonchev–Trinajstić information content (AvgIpc) is 2.78. The van der Waals surface area contributed by atoms with Crippen molar-refractivity contribution in [1.29, 1.82) is 0 Å². The Morgan fingerprint density at radius 3 is 3.19 bits per heavy atom. The molecule has 0 spiro atoms. The largest absolute Gasteiger partial charge is 0.368 e. The lowest BCUT2D eigenvalue weighted by Crippen LogP contribution is -2.33. The number of nitrogens with one attached hydrogen (secondary N) is 2. The zero-order chi connectivity index (χ0) is 11.4. The number of nitrogens with zero attached hydrogens (tertiary/aromatic N) is 1. The Balaban J connectivity index is 1.90. The molecule has 5 nitrogen and oxygen atoms in total. The van der Waals surface area contributed by atoms with Crippen LogP contribution >= 0.6 is 0 Å². The van der Waals surface area contributed by atoms with Gasteiger partial charge in [0.2, 0.25) is 0 Å². The van der Waals surface area contributed by atoms with Crippen LogP contribution in [0.4, 0.5) is 5.82 Å². The van der Waals surface area contributed by atoms with Gasteiger partial charge in [-0.15, -0.1) is 0 Å². The molecule has 1 aliphatic rings. The lowest BCUT2D eigenvalue weighted by Gasteiger charge is -2.20. The molecular formula is C11H17N3O2. The maximum absolute atomic E-state index is 11.8. The van der Waals surface area contributed by atoms with E-state index in [0.29, 0.717) is 12.4 Å². The SMILES string of the molecule is CCc1cc(NC(=O)C2CCCCO2)n[nH]1. The summed E-state index contributed by atoms with van der Waals surface area (Å²) in [7, 11) is 0. The highest BCUT2D eigenvalue weighted by atomic mass is 16.5. The van der Waals surface area contributed by atoms with E-state index in [1.165, 1.54) is 0 Å². The predicted molar refractivity (Wildman–Crippen MR) is 60.2 cm³/mol. The molecule has 2 N–H and O–H groups in total. The van der Waals surface area contributed by atoms with E-state index in [9.17, 15) is 4.79 Å². The summed E-state index contributed by atoms with van der Waals surface area (Å²) in [5.41, 5.74) is 1.01. The normalized spacial score (nSPS) is 20.7. The van der Waals surface area contributed by atoms with Crippen LogP contribution in [0.15, 0.2) is 6.07 Å². The maximum Gasteiger partial charge on any atom is 0.254 e. The van der Waals surface area contributed by atoms with Crippen LogP contribution in [0.1, 0.15) is 31.9 Å². The minimum atomic E-state index is -0.310. The van der Waals surface area contributed by atoms with Crippen LogP contribution in [0.25, 0.3) is 0 Å². The number of hydrogen-bond donors (Lipinski definition) is 2. The Morgan fingerprint density at radius 2 is 2.56 bits per heavy atom. The van der Waals surface area contributed by atoms with Crippen LogP contribution in [-0.4, -0.2) is 28.8 Å². The van der Waals surface area contributed by atoms with E-state index < -0.39 is 0 Å². The first-order chi connectivity index (χ1) is 7.79. The monoisotopic (exact) mass is 223 g/mol. The number of hydrogen-bond acceptors (Lipinski definition) is 3. The lowest BCUT2D eigenvalue weighted by atomic mass is 10.1. The molecule has 1 amide bonds. The van der Waals surface area contributed by atoms with Crippen LogP contribution in [0.2, 0.25) is 0 Å². The molecule has 0 radical (unpaired) electrons. The summed E-state index contributed by atoms with van der Waals surface area (Å²) in [6, 6.07) is 1.85. The predicted octanol–water partition coefficient (Wildman–Crippen LogP) is 1.48. The van der Waals surface area contributed by atoms with Gasteiger partial charge >= 0.3 is 0 Å². The summed E-state index contributed by atoms with van der Waals surface area (Å²) >= 11 is 0. The molecule has 88 valence electrons. The number of carbonyl (C=O) groups excluding carboxylic acids is 1. The zero-order valence-corrected chi connectivity index (χ0v) is 9.45. The summed E-state index contributed by atoms with van der Waals surface area (Å²) in [4.78, 5) is 11.8. The number of anilines is 1. The second kappa shape index (κ2) is 5.12. The van der Waals surface area contributed by atoms with E-state index in [2.05, 4.69) is 15.5 Å². The van der Waals surface area contributed by atoms with Crippen molar-refractivity contribution >= 4 is 11.7 Å². The van der Waals surface area contributed by atoms with Gasteiger partial charge in [-0.05, 0) is 25.7 Å². The van der Waals surface area contributed by atoms with Gasteiger partial charge in [-0.2, -0.15) is 5.10 Å². The number of H-pyrrole nitrogens is 1. The van der Waals surface area contributed by atoms with E-state index in [1.807, 2.05) is 13.0 Å². The third-order valence-corrected chi connectivity index (χ3v) is 2.74. The van der Waals surface area contributed by atoms with Crippen molar-refractivity contribution in [2.24, 2.45) is 0 Å². The second-order valence-electron chi connectivity index (χ2n) is 3.98. The number of aromatic nitrogens is 2. The van der Waals surface area contributed by atoms with Crippen LogP contribution in [0, 0.1) is 0 Å². The molecule has 1 aliphatic heterocycles. The average molecular weight is 223 g/mol. The van der Waals surface area contributed by atoms with E-state index >= 15 is 0 Å². The van der Waals surface area contributed by atoms with Crippen LogP contribution in [0.3, 0.4) is 0 Å². The van der Waals surface area contributed by atoms with Crippen molar-refractivity contribution < 1.29 is 9.53 Å². The standard InChI is InChI=1S/C11H17N3O2/c1-2-8-7-10(14-13-8)12-11(15)9-5-3-4-6-16-9/h7,9H,2-6H2,1H3,(H2,12,13,14,15). The van der Waals surface area contributed by atoms with E-state index in [-0.39, 0.29) is 12.0 Å². The van der Waals surface area contributed by atoms with Gasteiger partial charge in [0.25, 0.3) is 5.91 Å². The van der Waals surface area contributed by atoms with Crippen molar-refractivity contribution in [3.8, 4) is 0 Å². The smallest absolute Gasteiger partial charge is 0.254 e. The van der Waals surface area contributed by atoms with Gasteiger partial charge in [0.05, 0.1) is 0 Å². The summed E-state index contributed by atoms with van der Waals surface area (Å²) in [6.45, 7) is 2.71. The number of amides is 1. The molecule has 2 heterocycles. The summed E-state index contributed by atoms with van der Waals surface area (Å²) in [6.07, 6.45) is 3.47. The molecule has 0 saturated carbocycles. The molecule has 0 bridgehead atoms. The minimum Gasteiger partial charge on any atom is -0.368 e. The maximum atomic E-state index is 11.8. The fourth-order valence-electron chi connectivity index (χ4n) is 1.76. The first kappa shape index (κ1) is 11.1. The molecule has 0 aliphatic carbocycles. The molecule has 0 aromatic carbocycles. The van der Waals surface area contributed by atoms with E-state index in [1.54, 1.807) is 0 Å². The minimum absolute atomic E-state index is 0.0890. The van der Waals surface area contributed by atoms with E-state index in [4.69, 9.17) is 4.74 Å². The van der Waals surface area contributed by atoms with Crippen molar-refractivity contribution in [2.75, 3.05) is 11.9 Å². The lowest BCUT2D eigenvalue weighted by molar-refractivity contribution is -0.130. The number of aryl methyl sites for hydroxylation is 1. The van der Waals surface area contributed by atoms with Gasteiger partial charge in [-0.1, -0.05) is 6.92 Å². The zero-order valence-electron chi connectivity index (χ0n) is 9.45. The fourth-order valence-corrected chi connectivity index (χ4v) is 1.76. The fraction of sp³-hybridized carbons (Fsp3) is 0.636. The molecular weight excluding hydrogens is 206 g/mol. The van der Waals surface area contributed by atoms with Gasteiger partial charge in [-0.3, -0.25) is 9.89 Å². The number of aromatic amines is 1. The molecule has 1 atom stereocenters. The van der Waals surface area contributed by atoms with Crippen molar-refractivity contribution in [3.63, 3.8) is 0 Å². The molecule has 1 saturated heterocycles. The third-order valence-electron chi connectivity index (χ3n) is 2.74. The molecule has 1 fully saturated rings. The highest BCUT2D eigenvalue weighted by Crippen LogP contribution is 2.14. The number of ether oxygens (including phenoxy) is 1. The van der Waals surface area contributed by atoms with E-state index in [0.717, 1.165) is 31.4 Å². The highest BCUT2D eigenvalue weighted by Gasteiger charge is 2.22. The third kappa shape index (κ3) is 2.61. The second-order valence-corrected chi connectivity index (χ2v) is 3.98. The molecule has 2 rings (SSSR count). The quantitative estimate of drug-likeness (QED) is 0.815. The van der Waals surface area contributed by atoms with Crippen molar-refractivity contribution in [2.45, 2.75) is 38.7 Å². The molecule has 1 unspecified atom stereocenters. The molecule has 1 aromatic heterocycles. The van der Waals surface area contributed by atoms with Gasteiger partial charge in [0.15, 0.2) is 5.82 Å². The summed E-state index contributed by atoms with van der Waals surface area (Å²) < 4.78 is 5.40. The Hall–Kier alpha value is -1.36. The number of rotatable bonds is 3. The Morgan fingerprint density at radius 1 is 1.69 bits per heavy atom.